The summed E-state index contributed by atoms with van der Waals surface area (Å²) in [6, 6.07) is 6.03. The normalized spacial score (nSPS) is 11.3. The Hall–Kier alpha value is -3.37. The van der Waals surface area contributed by atoms with E-state index in [1.165, 1.54) is 24.6 Å². The molecule has 2 N–H and O–H groups in total. The van der Waals surface area contributed by atoms with Crippen LogP contribution in [0.5, 0.6) is 0 Å². The van der Waals surface area contributed by atoms with E-state index in [-0.39, 0.29) is 24.5 Å². The van der Waals surface area contributed by atoms with Crippen molar-refractivity contribution in [2.24, 2.45) is 0 Å². The molecule has 3 aromatic rings. The summed E-state index contributed by atoms with van der Waals surface area (Å²) in [5.41, 5.74) is 0.761. The van der Waals surface area contributed by atoms with Crippen LogP contribution in [0.4, 0.5) is 18.0 Å². The quantitative estimate of drug-likeness (QED) is 0.718. The van der Waals surface area contributed by atoms with Crippen molar-refractivity contribution in [1.82, 2.24) is 25.8 Å². The first kappa shape index (κ1) is 17.5. The first-order valence-electron chi connectivity index (χ1n) is 7.32. The second kappa shape index (κ2) is 7.25. The molecule has 8 nitrogen and oxygen atoms in total. The molecule has 0 unspecified atom stereocenters. The van der Waals surface area contributed by atoms with E-state index >= 15 is 0 Å². The highest BCUT2D eigenvalue weighted by atomic mass is 19.4. The highest BCUT2D eigenvalue weighted by Crippen LogP contribution is 2.29. The van der Waals surface area contributed by atoms with Gasteiger partial charge in [0.25, 0.3) is 0 Å². The fourth-order valence-corrected chi connectivity index (χ4v) is 1.93. The lowest BCUT2D eigenvalue weighted by molar-refractivity contribution is -0.159. The largest absolute Gasteiger partial charge is 0.471 e. The van der Waals surface area contributed by atoms with E-state index in [9.17, 15) is 18.0 Å². The number of alkyl halides is 3. The van der Waals surface area contributed by atoms with Gasteiger partial charge in [0.05, 0.1) is 25.0 Å². The number of furan rings is 1. The zero-order valence-corrected chi connectivity index (χ0v) is 13.1. The number of nitrogens with one attached hydrogen (secondary N) is 2. The number of carbonyl (C=O) groups excluding carboxylic acids is 1. The minimum atomic E-state index is -4.70. The summed E-state index contributed by atoms with van der Waals surface area (Å²) in [6.45, 7) is 0.370. The minimum Gasteiger partial charge on any atom is -0.467 e. The minimum absolute atomic E-state index is 0.129. The zero-order chi connectivity index (χ0) is 18.6. The Balaban J connectivity index is 1.53. The standard InChI is InChI=1S/C15H12F3N5O3/c16-15(17,18)13-22-12(23-26-13)9-3-4-10(19-6-9)7-20-14(24)21-8-11-2-1-5-25-11/h1-6H,7-8H2,(H2,20,21,24). The van der Waals surface area contributed by atoms with E-state index < -0.39 is 18.1 Å². The Kier molecular flexibility index (Phi) is 4.87. The summed E-state index contributed by atoms with van der Waals surface area (Å²) < 4.78 is 46.6. The first-order chi connectivity index (χ1) is 12.4. The summed E-state index contributed by atoms with van der Waals surface area (Å²) >= 11 is 0. The predicted molar refractivity (Wildman–Crippen MR) is 80.3 cm³/mol. The highest BCUT2D eigenvalue weighted by Gasteiger charge is 2.38. The predicted octanol–water partition coefficient (Wildman–Crippen LogP) is 2.74. The maximum absolute atomic E-state index is 12.4. The van der Waals surface area contributed by atoms with E-state index in [0.717, 1.165) is 0 Å². The van der Waals surface area contributed by atoms with Gasteiger partial charge in [0.15, 0.2) is 0 Å². The topological polar surface area (TPSA) is 106 Å². The number of amides is 2. The second-order valence-electron chi connectivity index (χ2n) is 5.07. The van der Waals surface area contributed by atoms with Crippen molar-refractivity contribution < 1.29 is 26.9 Å². The fraction of sp³-hybridized carbons (Fsp3) is 0.200. The summed E-state index contributed by atoms with van der Waals surface area (Å²) in [5, 5.41) is 8.46. The number of hydrogen-bond donors (Lipinski definition) is 2. The summed E-state index contributed by atoms with van der Waals surface area (Å²) in [6.07, 6.45) is -1.91. The van der Waals surface area contributed by atoms with Crippen LogP contribution in [0.1, 0.15) is 17.3 Å². The number of hydrogen-bond acceptors (Lipinski definition) is 6. The van der Waals surface area contributed by atoms with Crippen LogP contribution in [0.3, 0.4) is 0 Å². The summed E-state index contributed by atoms with van der Waals surface area (Å²) in [4.78, 5) is 19.0. The third-order valence-corrected chi connectivity index (χ3v) is 3.18. The molecule has 0 aromatic carbocycles. The van der Waals surface area contributed by atoms with Gasteiger partial charge in [-0.15, -0.1) is 0 Å². The molecule has 0 saturated carbocycles. The van der Waals surface area contributed by atoms with Gasteiger partial charge < -0.3 is 19.6 Å². The van der Waals surface area contributed by atoms with Crippen LogP contribution in [-0.2, 0) is 19.3 Å². The van der Waals surface area contributed by atoms with Crippen LogP contribution in [-0.4, -0.2) is 21.2 Å². The van der Waals surface area contributed by atoms with Crippen LogP contribution < -0.4 is 10.6 Å². The third-order valence-electron chi connectivity index (χ3n) is 3.18. The number of urea groups is 1. The maximum atomic E-state index is 12.4. The lowest BCUT2D eigenvalue weighted by Gasteiger charge is -2.06. The molecule has 136 valence electrons. The number of pyridine rings is 1. The molecule has 0 aliphatic heterocycles. The number of rotatable bonds is 5. The second-order valence-corrected chi connectivity index (χ2v) is 5.07. The van der Waals surface area contributed by atoms with Crippen molar-refractivity contribution in [3.05, 3.63) is 54.1 Å². The van der Waals surface area contributed by atoms with Crippen molar-refractivity contribution in [3.63, 3.8) is 0 Å². The third kappa shape index (κ3) is 4.37. The van der Waals surface area contributed by atoms with Gasteiger partial charge in [-0.1, -0.05) is 5.16 Å². The van der Waals surface area contributed by atoms with Gasteiger partial charge in [0.1, 0.15) is 5.76 Å². The highest BCUT2D eigenvalue weighted by molar-refractivity contribution is 5.73. The van der Waals surface area contributed by atoms with Gasteiger partial charge in [-0.25, -0.2) is 4.79 Å². The maximum Gasteiger partial charge on any atom is 0.471 e. The Morgan fingerprint density at radius 1 is 1.15 bits per heavy atom. The molecule has 26 heavy (non-hydrogen) atoms. The molecule has 0 bridgehead atoms. The molecule has 0 atom stereocenters. The Morgan fingerprint density at radius 3 is 2.58 bits per heavy atom. The van der Waals surface area contributed by atoms with Crippen LogP contribution in [0, 0.1) is 0 Å². The number of aromatic nitrogens is 3. The van der Waals surface area contributed by atoms with Gasteiger partial charge in [0.2, 0.25) is 5.82 Å². The van der Waals surface area contributed by atoms with Crippen molar-refractivity contribution in [1.29, 1.82) is 0 Å². The molecule has 0 aliphatic carbocycles. The average molecular weight is 367 g/mol. The van der Waals surface area contributed by atoms with E-state index in [0.29, 0.717) is 11.5 Å². The zero-order valence-electron chi connectivity index (χ0n) is 13.1. The molecule has 2 amide bonds. The van der Waals surface area contributed by atoms with Crippen LogP contribution >= 0.6 is 0 Å². The molecule has 0 saturated heterocycles. The SMILES string of the molecule is O=C(NCc1ccc(-c2noc(C(F)(F)F)n2)cn1)NCc1ccco1. The number of nitrogens with zero attached hydrogens (tertiary/aromatic N) is 3. The Morgan fingerprint density at radius 2 is 1.96 bits per heavy atom. The molecule has 11 heteroatoms. The molecule has 0 aliphatic rings. The lowest BCUT2D eigenvalue weighted by Crippen LogP contribution is -2.34. The molecule has 0 spiro atoms. The number of halogens is 3. The lowest BCUT2D eigenvalue weighted by atomic mass is 10.2. The Bertz CT molecular complexity index is 860. The molecular weight excluding hydrogens is 355 g/mol. The summed E-state index contributed by atoms with van der Waals surface area (Å²) in [7, 11) is 0. The van der Waals surface area contributed by atoms with Crippen molar-refractivity contribution in [2.75, 3.05) is 0 Å². The molecule has 0 fully saturated rings. The monoisotopic (exact) mass is 367 g/mol. The van der Waals surface area contributed by atoms with Crippen molar-refractivity contribution >= 4 is 6.03 Å². The van der Waals surface area contributed by atoms with Crippen LogP contribution in [0.15, 0.2) is 45.7 Å². The molecule has 3 rings (SSSR count). The average Bonchev–Trinajstić information content (AvgIpc) is 3.29. The fourth-order valence-electron chi connectivity index (χ4n) is 1.93. The molecule has 3 aromatic heterocycles. The Labute approximate surface area is 144 Å². The van der Waals surface area contributed by atoms with E-state index in [2.05, 4.69) is 30.3 Å². The van der Waals surface area contributed by atoms with E-state index in [4.69, 9.17) is 4.42 Å². The number of carbonyl (C=O) groups is 1. The smallest absolute Gasteiger partial charge is 0.467 e. The van der Waals surface area contributed by atoms with E-state index in [1.807, 2.05) is 0 Å². The molecule has 3 heterocycles. The van der Waals surface area contributed by atoms with Gasteiger partial charge in [-0.05, 0) is 24.3 Å². The first-order valence-corrected chi connectivity index (χ1v) is 7.32. The summed E-state index contributed by atoms with van der Waals surface area (Å²) in [5.74, 6) is -1.03. The van der Waals surface area contributed by atoms with E-state index in [1.54, 1.807) is 12.1 Å². The molecular formula is C15H12F3N5O3. The van der Waals surface area contributed by atoms with Crippen LogP contribution in [0.2, 0.25) is 0 Å². The van der Waals surface area contributed by atoms with Crippen molar-refractivity contribution in [3.8, 4) is 11.4 Å². The van der Waals surface area contributed by atoms with Crippen LogP contribution in [0.25, 0.3) is 11.4 Å². The van der Waals surface area contributed by atoms with Gasteiger partial charge in [-0.2, -0.15) is 18.2 Å². The molecule has 0 radical (unpaired) electrons. The van der Waals surface area contributed by atoms with Crippen molar-refractivity contribution in [2.45, 2.75) is 19.3 Å². The van der Waals surface area contributed by atoms with Gasteiger partial charge in [0, 0.05) is 11.8 Å². The van der Waals surface area contributed by atoms with Gasteiger partial charge in [-0.3, -0.25) is 4.98 Å². The van der Waals surface area contributed by atoms with Gasteiger partial charge >= 0.3 is 18.1 Å².